The fourth-order valence-electron chi connectivity index (χ4n) is 1.88. The van der Waals surface area contributed by atoms with Gasteiger partial charge < -0.3 is 4.90 Å². The molecule has 1 aliphatic rings. The molecule has 1 aromatic rings. The van der Waals surface area contributed by atoms with E-state index in [0.717, 1.165) is 16.8 Å². The molecule has 2 nitrogen and oxygen atoms in total. The summed E-state index contributed by atoms with van der Waals surface area (Å²) in [5.41, 5.74) is 2.97. The summed E-state index contributed by atoms with van der Waals surface area (Å²) in [7, 11) is 1.97. The van der Waals surface area contributed by atoms with Gasteiger partial charge in [-0.15, -0.1) is 0 Å². The highest BCUT2D eigenvalue weighted by Crippen LogP contribution is 2.35. The van der Waals surface area contributed by atoms with Crippen LogP contribution in [0.4, 0.5) is 0 Å². The molecule has 0 saturated carbocycles. The lowest BCUT2D eigenvalue weighted by Crippen LogP contribution is -2.27. The Bertz CT molecular complexity index is 549. The first kappa shape index (κ1) is 13.7. The average Bonchev–Trinajstić information content (AvgIpc) is 2.32. The number of hydrogen-bond acceptors (Lipinski definition) is 2. The van der Waals surface area contributed by atoms with Crippen molar-refractivity contribution in [1.29, 1.82) is 0 Å². The number of hydrogen-bond donors (Lipinski definition) is 0. The highest BCUT2D eigenvalue weighted by atomic mass is 35.5. The molecule has 0 aromatic heterocycles. The van der Waals surface area contributed by atoms with Crippen molar-refractivity contribution in [2.45, 2.75) is 20.0 Å². The van der Waals surface area contributed by atoms with Crippen molar-refractivity contribution in [2.75, 3.05) is 7.05 Å². The van der Waals surface area contributed by atoms with Gasteiger partial charge in [-0.25, -0.2) is 4.99 Å². The summed E-state index contributed by atoms with van der Waals surface area (Å²) in [6, 6.07) is 5.41. The quantitative estimate of drug-likeness (QED) is 0.723. The van der Waals surface area contributed by atoms with E-state index >= 15 is 0 Å². The molecule has 5 heteroatoms. The monoisotopic (exact) mass is 302 g/mol. The van der Waals surface area contributed by atoms with Crippen molar-refractivity contribution in [3.8, 4) is 0 Å². The van der Waals surface area contributed by atoms with Crippen LogP contribution >= 0.6 is 34.8 Å². The van der Waals surface area contributed by atoms with Gasteiger partial charge in [0.25, 0.3) is 0 Å². The molecule has 1 aromatic carbocycles. The molecule has 0 N–H and O–H groups in total. The summed E-state index contributed by atoms with van der Waals surface area (Å²) in [4.78, 5) is 6.53. The molecule has 0 fully saturated rings. The fourth-order valence-corrected chi connectivity index (χ4v) is 2.61. The van der Waals surface area contributed by atoms with Crippen molar-refractivity contribution in [3.63, 3.8) is 0 Å². The number of aliphatic imine (C=N–C) groups is 1. The van der Waals surface area contributed by atoms with Gasteiger partial charge in [0.05, 0.1) is 0 Å². The molecule has 2 rings (SSSR count). The van der Waals surface area contributed by atoms with Gasteiger partial charge in [0.2, 0.25) is 0 Å². The SMILES string of the molecule is CC1=C(C)N(C)C(c2ccc(Cl)cc2Cl)N=C1Cl. The van der Waals surface area contributed by atoms with Crippen molar-refractivity contribution >= 4 is 40.0 Å². The third kappa shape index (κ3) is 2.37. The molecule has 96 valence electrons. The van der Waals surface area contributed by atoms with Crippen LogP contribution in [0.2, 0.25) is 10.0 Å². The van der Waals surface area contributed by atoms with Crippen molar-refractivity contribution in [1.82, 2.24) is 4.90 Å². The van der Waals surface area contributed by atoms with Crippen LogP contribution in [0.5, 0.6) is 0 Å². The Kier molecular flexibility index (Phi) is 3.90. The van der Waals surface area contributed by atoms with E-state index in [2.05, 4.69) is 9.89 Å². The highest BCUT2D eigenvalue weighted by molar-refractivity contribution is 6.69. The number of halogens is 3. The molecule has 1 atom stereocenters. The second-order valence-corrected chi connectivity index (χ2v) is 5.48. The molecule has 1 heterocycles. The van der Waals surface area contributed by atoms with Crippen LogP contribution in [-0.4, -0.2) is 17.1 Å². The van der Waals surface area contributed by atoms with E-state index in [1.807, 2.05) is 27.0 Å². The van der Waals surface area contributed by atoms with E-state index in [1.54, 1.807) is 12.1 Å². The Morgan fingerprint density at radius 1 is 1.17 bits per heavy atom. The van der Waals surface area contributed by atoms with Crippen LogP contribution in [0.15, 0.2) is 34.5 Å². The average molecular weight is 304 g/mol. The zero-order chi connectivity index (χ0) is 13.4. The summed E-state index contributed by atoms with van der Waals surface area (Å²) < 4.78 is 0. The summed E-state index contributed by atoms with van der Waals surface area (Å²) in [5.74, 6) is 0. The lowest BCUT2D eigenvalue weighted by molar-refractivity contribution is 0.312. The molecule has 1 unspecified atom stereocenters. The predicted octanol–water partition coefficient (Wildman–Crippen LogP) is 4.87. The van der Waals surface area contributed by atoms with Crippen LogP contribution in [0, 0.1) is 0 Å². The third-order valence-electron chi connectivity index (χ3n) is 3.22. The first-order valence-corrected chi connectivity index (χ1v) is 6.64. The number of allylic oxidation sites excluding steroid dienone is 2. The molecular formula is C13H13Cl3N2. The Labute approximate surface area is 122 Å². The van der Waals surface area contributed by atoms with E-state index in [9.17, 15) is 0 Å². The van der Waals surface area contributed by atoms with E-state index in [4.69, 9.17) is 34.8 Å². The van der Waals surface area contributed by atoms with Crippen LogP contribution < -0.4 is 0 Å². The minimum atomic E-state index is -0.203. The molecule has 0 aliphatic carbocycles. The molecule has 0 saturated heterocycles. The Balaban J connectivity index is 2.47. The molecule has 18 heavy (non-hydrogen) atoms. The molecule has 0 bridgehead atoms. The Morgan fingerprint density at radius 2 is 1.83 bits per heavy atom. The van der Waals surface area contributed by atoms with Gasteiger partial charge >= 0.3 is 0 Å². The Hall–Kier alpha value is -0.700. The Morgan fingerprint density at radius 3 is 2.44 bits per heavy atom. The summed E-state index contributed by atoms with van der Waals surface area (Å²) in [6.07, 6.45) is -0.203. The van der Waals surface area contributed by atoms with Crippen molar-refractivity contribution in [2.24, 2.45) is 4.99 Å². The van der Waals surface area contributed by atoms with Crippen molar-refractivity contribution < 1.29 is 0 Å². The zero-order valence-electron chi connectivity index (χ0n) is 10.3. The fraction of sp³-hybridized carbons (Fsp3) is 0.308. The molecule has 0 amide bonds. The molecule has 0 radical (unpaired) electrons. The first-order chi connectivity index (χ1) is 8.41. The maximum absolute atomic E-state index is 6.22. The second kappa shape index (κ2) is 5.12. The van der Waals surface area contributed by atoms with E-state index in [-0.39, 0.29) is 6.17 Å². The van der Waals surface area contributed by atoms with Crippen molar-refractivity contribution in [3.05, 3.63) is 45.1 Å². The summed E-state index contributed by atoms with van der Waals surface area (Å²) in [6.45, 7) is 3.97. The standard InChI is InChI=1S/C13H13Cl3N2/c1-7-8(2)18(3)13(17-12(7)16)10-5-4-9(14)6-11(10)15/h4-6,13H,1-3H3. The third-order valence-corrected chi connectivity index (χ3v) is 4.17. The van der Waals surface area contributed by atoms with Gasteiger partial charge in [-0.2, -0.15) is 0 Å². The van der Waals surface area contributed by atoms with Crippen LogP contribution in [0.3, 0.4) is 0 Å². The van der Waals surface area contributed by atoms with Gasteiger partial charge in [-0.1, -0.05) is 40.9 Å². The maximum atomic E-state index is 6.22. The lowest BCUT2D eigenvalue weighted by Gasteiger charge is -2.33. The minimum absolute atomic E-state index is 0.203. The van der Waals surface area contributed by atoms with E-state index in [1.165, 1.54) is 0 Å². The smallest absolute Gasteiger partial charge is 0.149 e. The normalized spacial score (nSPS) is 20.2. The van der Waals surface area contributed by atoms with Crippen LogP contribution in [0.1, 0.15) is 25.6 Å². The zero-order valence-corrected chi connectivity index (χ0v) is 12.6. The minimum Gasteiger partial charge on any atom is -0.352 e. The first-order valence-electron chi connectivity index (χ1n) is 5.50. The summed E-state index contributed by atoms with van der Waals surface area (Å²) >= 11 is 18.3. The van der Waals surface area contributed by atoms with Gasteiger partial charge in [-0.05, 0) is 26.0 Å². The second-order valence-electron chi connectivity index (χ2n) is 4.28. The molecule has 0 spiro atoms. The molecule has 1 aliphatic heterocycles. The van der Waals surface area contributed by atoms with Crippen LogP contribution in [0.25, 0.3) is 0 Å². The van der Waals surface area contributed by atoms with Gasteiger partial charge in [0.1, 0.15) is 11.3 Å². The number of benzene rings is 1. The maximum Gasteiger partial charge on any atom is 0.149 e. The number of nitrogens with zero attached hydrogens (tertiary/aromatic N) is 2. The number of rotatable bonds is 1. The topological polar surface area (TPSA) is 15.6 Å². The van der Waals surface area contributed by atoms with E-state index < -0.39 is 0 Å². The van der Waals surface area contributed by atoms with Crippen LogP contribution in [-0.2, 0) is 0 Å². The lowest BCUT2D eigenvalue weighted by atomic mass is 10.1. The van der Waals surface area contributed by atoms with Gasteiger partial charge in [-0.3, -0.25) is 0 Å². The highest BCUT2D eigenvalue weighted by Gasteiger charge is 2.25. The van der Waals surface area contributed by atoms with E-state index in [0.29, 0.717) is 15.2 Å². The summed E-state index contributed by atoms with van der Waals surface area (Å²) in [5, 5.41) is 1.74. The largest absolute Gasteiger partial charge is 0.352 e. The molecular weight excluding hydrogens is 291 g/mol. The van der Waals surface area contributed by atoms with Gasteiger partial charge in [0, 0.05) is 33.9 Å². The predicted molar refractivity (Wildman–Crippen MR) is 78.6 cm³/mol. The van der Waals surface area contributed by atoms with Gasteiger partial charge in [0.15, 0.2) is 0 Å².